The highest BCUT2D eigenvalue weighted by molar-refractivity contribution is 5.14. The van der Waals surface area contributed by atoms with Crippen molar-refractivity contribution in [1.29, 1.82) is 0 Å². The van der Waals surface area contributed by atoms with E-state index in [0.29, 0.717) is 12.5 Å². The summed E-state index contributed by atoms with van der Waals surface area (Å²) in [6.45, 7) is 0.373. The van der Waals surface area contributed by atoms with Crippen LogP contribution in [0.2, 0.25) is 0 Å². The average molecular weight is 232 g/mol. The van der Waals surface area contributed by atoms with Crippen LogP contribution in [0.4, 0.5) is 0 Å². The minimum absolute atomic E-state index is 0.373. The van der Waals surface area contributed by atoms with Gasteiger partial charge in [0, 0.05) is 6.61 Å². The van der Waals surface area contributed by atoms with Gasteiger partial charge in [-0.25, -0.2) is 0 Å². The molecule has 1 heteroatoms. The van der Waals surface area contributed by atoms with E-state index in [1.165, 1.54) is 37.7 Å². The van der Waals surface area contributed by atoms with Gasteiger partial charge in [-0.2, -0.15) is 0 Å². The van der Waals surface area contributed by atoms with Crippen LogP contribution in [0.3, 0.4) is 0 Å². The third-order valence-corrected chi connectivity index (χ3v) is 4.20. The predicted octanol–water partition coefficient (Wildman–Crippen LogP) is 3.81. The summed E-state index contributed by atoms with van der Waals surface area (Å²) >= 11 is 0. The zero-order valence-corrected chi connectivity index (χ0v) is 10.6. The van der Waals surface area contributed by atoms with Crippen molar-refractivity contribution in [2.24, 2.45) is 11.8 Å². The molecule has 94 valence electrons. The van der Waals surface area contributed by atoms with E-state index in [9.17, 15) is 5.11 Å². The first-order chi connectivity index (χ1) is 8.40. The molecule has 1 aromatic rings. The number of hydrogen-bond acceptors (Lipinski definition) is 1. The lowest BCUT2D eigenvalue weighted by molar-refractivity contribution is 0.140. The summed E-state index contributed by atoms with van der Waals surface area (Å²) < 4.78 is 0. The highest BCUT2D eigenvalue weighted by Gasteiger charge is 2.22. The van der Waals surface area contributed by atoms with Crippen LogP contribution in [0.5, 0.6) is 0 Å². The van der Waals surface area contributed by atoms with Gasteiger partial charge in [-0.05, 0) is 30.2 Å². The average Bonchev–Trinajstić information content (AvgIpc) is 2.42. The Morgan fingerprint density at radius 1 is 1.06 bits per heavy atom. The minimum atomic E-state index is 0.373. The fraction of sp³-hybridized carbons (Fsp3) is 0.625. The molecule has 1 fully saturated rings. The van der Waals surface area contributed by atoms with E-state index in [-0.39, 0.29) is 0 Å². The van der Waals surface area contributed by atoms with Crippen molar-refractivity contribution in [3.05, 3.63) is 35.9 Å². The minimum Gasteiger partial charge on any atom is -0.396 e. The normalized spacial score (nSPS) is 19.1. The van der Waals surface area contributed by atoms with Crippen molar-refractivity contribution in [2.75, 3.05) is 6.61 Å². The third kappa shape index (κ3) is 3.85. The number of rotatable bonds is 5. The summed E-state index contributed by atoms with van der Waals surface area (Å²) in [5.41, 5.74) is 1.40. The Balaban J connectivity index is 1.82. The van der Waals surface area contributed by atoms with Gasteiger partial charge in [-0.15, -0.1) is 0 Å². The molecule has 1 aliphatic rings. The van der Waals surface area contributed by atoms with Gasteiger partial charge in [0.2, 0.25) is 0 Å². The van der Waals surface area contributed by atoms with Crippen molar-refractivity contribution >= 4 is 0 Å². The molecule has 0 heterocycles. The van der Waals surface area contributed by atoms with E-state index in [2.05, 4.69) is 30.3 Å². The molecule has 0 aromatic heterocycles. The molecular formula is C16H24O. The lowest BCUT2D eigenvalue weighted by Gasteiger charge is -2.29. The van der Waals surface area contributed by atoms with Crippen molar-refractivity contribution in [1.82, 2.24) is 0 Å². The van der Waals surface area contributed by atoms with Gasteiger partial charge in [0.15, 0.2) is 0 Å². The largest absolute Gasteiger partial charge is 0.396 e. The predicted molar refractivity (Wildman–Crippen MR) is 71.9 cm³/mol. The summed E-state index contributed by atoms with van der Waals surface area (Å²) in [6.07, 6.45) is 9.06. The first-order valence-electron chi connectivity index (χ1n) is 7.05. The second kappa shape index (κ2) is 6.80. The molecule has 1 aromatic carbocycles. The SMILES string of the molecule is OCC(CCc1ccccc1)C1CCCCC1. The number of hydrogen-bond donors (Lipinski definition) is 1. The summed E-state index contributed by atoms with van der Waals surface area (Å²) in [5, 5.41) is 9.56. The van der Waals surface area contributed by atoms with Crippen LogP contribution in [-0.2, 0) is 6.42 Å². The summed E-state index contributed by atoms with van der Waals surface area (Å²) in [6, 6.07) is 10.6. The second-order valence-corrected chi connectivity index (χ2v) is 5.37. The Morgan fingerprint density at radius 3 is 2.41 bits per heavy atom. The summed E-state index contributed by atoms with van der Waals surface area (Å²) in [5.74, 6) is 1.30. The van der Waals surface area contributed by atoms with Crippen molar-refractivity contribution in [2.45, 2.75) is 44.9 Å². The van der Waals surface area contributed by atoms with Crippen LogP contribution in [0.25, 0.3) is 0 Å². The molecule has 0 saturated heterocycles. The Bertz CT molecular complexity index is 301. The van der Waals surface area contributed by atoms with E-state index in [1.807, 2.05) is 0 Å². The summed E-state index contributed by atoms with van der Waals surface area (Å²) in [4.78, 5) is 0. The van der Waals surface area contributed by atoms with E-state index in [4.69, 9.17) is 0 Å². The maximum absolute atomic E-state index is 9.56. The zero-order valence-electron chi connectivity index (χ0n) is 10.6. The monoisotopic (exact) mass is 232 g/mol. The van der Waals surface area contributed by atoms with Crippen molar-refractivity contribution in [3.63, 3.8) is 0 Å². The molecule has 0 aliphatic heterocycles. The molecule has 1 unspecified atom stereocenters. The van der Waals surface area contributed by atoms with Crippen LogP contribution in [0.15, 0.2) is 30.3 Å². The van der Waals surface area contributed by atoms with Crippen LogP contribution < -0.4 is 0 Å². The Labute approximate surface area is 105 Å². The Hall–Kier alpha value is -0.820. The van der Waals surface area contributed by atoms with E-state index < -0.39 is 0 Å². The molecule has 1 nitrogen and oxygen atoms in total. The van der Waals surface area contributed by atoms with Crippen molar-refractivity contribution in [3.8, 4) is 0 Å². The molecule has 0 radical (unpaired) electrons. The van der Waals surface area contributed by atoms with E-state index >= 15 is 0 Å². The number of aryl methyl sites for hydroxylation is 1. The van der Waals surface area contributed by atoms with Gasteiger partial charge in [-0.1, -0.05) is 62.4 Å². The van der Waals surface area contributed by atoms with Gasteiger partial charge in [0.25, 0.3) is 0 Å². The van der Waals surface area contributed by atoms with Gasteiger partial charge in [0.1, 0.15) is 0 Å². The number of aliphatic hydroxyl groups is 1. The fourth-order valence-corrected chi connectivity index (χ4v) is 3.08. The van der Waals surface area contributed by atoms with Crippen LogP contribution in [0, 0.1) is 11.8 Å². The zero-order chi connectivity index (χ0) is 11.9. The lowest BCUT2D eigenvalue weighted by atomic mass is 9.78. The Morgan fingerprint density at radius 2 is 1.76 bits per heavy atom. The van der Waals surface area contributed by atoms with E-state index in [0.717, 1.165) is 18.8 Å². The molecule has 1 saturated carbocycles. The number of aliphatic hydroxyl groups excluding tert-OH is 1. The molecule has 0 spiro atoms. The maximum atomic E-state index is 9.56. The van der Waals surface area contributed by atoms with Gasteiger partial charge >= 0.3 is 0 Å². The highest BCUT2D eigenvalue weighted by Crippen LogP contribution is 2.32. The van der Waals surface area contributed by atoms with Gasteiger partial charge in [-0.3, -0.25) is 0 Å². The lowest BCUT2D eigenvalue weighted by Crippen LogP contribution is -2.21. The van der Waals surface area contributed by atoms with E-state index in [1.54, 1.807) is 0 Å². The van der Waals surface area contributed by atoms with Gasteiger partial charge in [0.05, 0.1) is 0 Å². The van der Waals surface area contributed by atoms with Crippen LogP contribution in [-0.4, -0.2) is 11.7 Å². The van der Waals surface area contributed by atoms with Crippen molar-refractivity contribution < 1.29 is 5.11 Å². The first-order valence-corrected chi connectivity index (χ1v) is 7.05. The smallest absolute Gasteiger partial charge is 0.0462 e. The molecule has 0 amide bonds. The molecule has 2 rings (SSSR count). The van der Waals surface area contributed by atoms with Gasteiger partial charge < -0.3 is 5.11 Å². The fourth-order valence-electron chi connectivity index (χ4n) is 3.08. The molecule has 0 bridgehead atoms. The molecule has 1 aliphatic carbocycles. The topological polar surface area (TPSA) is 20.2 Å². The molecule has 1 atom stereocenters. The molecule has 1 N–H and O–H groups in total. The van der Waals surface area contributed by atoms with Crippen LogP contribution in [0.1, 0.15) is 44.1 Å². The number of benzene rings is 1. The quantitative estimate of drug-likeness (QED) is 0.818. The maximum Gasteiger partial charge on any atom is 0.0462 e. The third-order valence-electron chi connectivity index (χ3n) is 4.20. The summed E-state index contributed by atoms with van der Waals surface area (Å²) in [7, 11) is 0. The molecule has 17 heavy (non-hydrogen) atoms. The second-order valence-electron chi connectivity index (χ2n) is 5.37. The highest BCUT2D eigenvalue weighted by atomic mass is 16.3. The standard InChI is InChI=1S/C16H24O/c17-13-16(15-9-5-2-6-10-15)12-11-14-7-3-1-4-8-14/h1,3-4,7-8,15-17H,2,5-6,9-13H2. The molecular weight excluding hydrogens is 208 g/mol. The van der Waals surface area contributed by atoms with Crippen LogP contribution >= 0.6 is 0 Å². The Kier molecular flexibility index (Phi) is 5.06. The first kappa shape index (κ1) is 12.6.